The third kappa shape index (κ3) is 1.89. The van der Waals surface area contributed by atoms with Crippen LogP contribution < -0.4 is 5.73 Å². The number of hydrogen-bond acceptors (Lipinski definition) is 3. The lowest BCUT2D eigenvalue weighted by Crippen LogP contribution is -2.57. The van der Waals surface area contributed by atoms with Crippen LogP contribution in [0, 0.1) is 0 Å². The second kappa shape index (κ2) is 4.28. The molecule has 0 aromatic heterocycles. The molecule has 1 aliphatic carbocycles. The van der Waals surface area contributed by atoms with Gasteiger partial charge in [-0.1, -0.05) is 0 Å². The van der Waals surface area contributed by atoms with E-state index in [4.69, 9.17) is 5.73 Å². The lowest BCUT2D eigenvalue weighted by Gasteiger charge is -2.45. The highest BCUT2D eigenvalue weighted by Crippen LogP contribution is 2.31. The fourth-order valence-electron chi connectivity index (χ4n) is 4.01. The Bertz CT molecular complexity index is 256. The summed E-state index contributed by atoms with van der Waals surface area (Å²) >= 11 is 0. The van der Waals surface area contributed by atoms with Crippen molar-refractivity contribution in [3.05, 3.63) is 0 Å². The number of piperazine rings is 1. The van der Waals surface area contributed by atoms with Crippen LogP contribution in [-0.2, 0) is 0 Å². The van der Waals surface area contributed by atoms with Crippen LogP contribution in [0.15, 0.2) is 0 Å². The summed E-state index contributed by atoms with van der Waals surface area (Å²) < 4.78 is 0. The van der Waals surface area contributed by atoms with Gasteiger partial charge in [0.25, 0.3) is 0 Å². The van der Waals surface area contributed by atoms with Crippen molar-refractivity contribution in [3.63, 3.8) is 0 Å². The monoisotopic (exact) mass is 223 g/mol. The van der Waals surface area contributed by atoms with Gasteiger partial charge in [-0.05, 0) is 45.6 Å². The predicted octanol–water partition coefficient (Wildman–Crippen LogP) is 1.03. The van der Waals surface area contributed by atoms with Crippen molar-refractivity contribution in [2.24, 2.45) is 5.73 Å². The van der Waals surface area contributed by atoms with Crippen LogP contribution in [0.3, 0.4) is 0 Å². The summed E-state index contributed by atoms with van der Waals surface area (Å²) in [5, 5.41) is 0. The van der Waals surface area contributed by atoms with E-state index < -0.39 is 0 Å². The number of rotatable bonds is 1. The van der Waals surface area contributed by atoms with Crippen molar-refractivity contribution < 1.29 is 0 Å². The summed E-state index contributed by atoms with van der Waals surface area (Å²) in [5.74, 6) is 0. The van der Waals surface area contributed by atoms with Crippen LogP contribution in [0.25, 0.3) is 0 Å². The number of fused-ring (bicyclic) bond motifs is 1. The molecule has 3 fully saturated rings. The predicted molar refractivity (Wildman–Crippen MR) is 66.4 cm³/mol. The molecule has 0 spiro atoms. The van der Waals surface area contributed by atoms with Crippen LogP contribution in [0.5, 0.6) is 0 Å². The summed E-state index contributed by atoms with van der Waals surface area (Å²) in [6.07, 6.45) is 6.63. The average molecular weight is 223 g/mol. The molecule has 3 heteroatoms. The van der Waals surface area contributed by atoms with Gasteiger partial charge in [0.2, 0.25) is 0 Å². The summed E-state index contributed by atoms with van der Waals surface area (Å²) in [7, 11) is 0. The van der Waals surface area contributed by atoms with Crippen LogP contribution in [0.4, 0.5) is 0 Å². The third-order valence-electron chi connectivity index (χ3n) is 4.90. The fourth-order valence-corrected chi connectivity index (χ4v) is 4.01. The van der Waals surface area contributed by atoms with E-state index in [-0.39, 0.29) is 0 Å². The highest BCUT2D eigenvalue weighted by atomic mass is 15.3. The summed E-state index contributed by atoms with van der Waals surface area (Å²) in [6, 6.07) is 2.85. The molecule has 4 unspecified atom stereocenters. The van der Waals surface area contributed by atoms with Crippen molar-refractivity contribution in [1.82, 2.24) is 9.80 Å². The lowest BCUT2D eigenvalue weighted by molar-refractivity contribution is 0.0294. The van der Waals surface area contributed by atoms with E-state index in [0.29, 0.717) is 6.04 Å². The molecule has 1 saturated carbocycles. The summed E-state index contributed by atoms with van der Waals surface area (Å²) in [6.45, 7) is 6.33. The number of nitrogens with two attached hydrogens (primary N) is 1. The van der Waals surface area contributed by atoms with Gasteiger partial charge in [-0.15, -0.1) is 0 Å². The quantitative estimate of drug-likeness (QED) is 0.721. The average Bonchev–Trinajstić information content (AvgIpc) is 2.84. The van der Waals surface area contributed by atoms with Gasteiger partial charge in [0.15, 0.2) is 0 Å². The molecule has 16 heavy (non-hydrogen) atoms. The molecule has 3 aliphatic rings. The second-order valence-corrected chi connectivity index (χ2v) is 6.06. The minimum absolute atomic E-state index is 0.471. The molecule has 0 radical (unpaired) electrons. The van der Waals surface area contributed by atoms with Gasteiger partial charge in [-0.2, -0.15) is 0 Å². The van der Waals surface area contributed by atoms with E-state index in [9.17, 15) is 0 Å². The first-order chi connectivity index (χ1) is 7.74. The molecule has 2 aliphatic heterocycles. The fraction of sp³-hybridized carbons (Fsp3) is 1.00. The SMILES string of the molecule is CC1CN2CCCC2CN1C1CCC(N)C1. The maximum Gasteiger partial charge on any atom is 0.0224 e. The Morgan fingerprint density at radius 1 is 1.06 bits per heavy atom. The van der Waals surface area contributed by atoms with Crippen LogP contribution in [-0.4, -0.2) is 53.6 Å². The van der Waals surface area contributed by atoms with Crippen LogP contribution in [0.2, 0.25) is 0 Å². The van der Waals surface area contributed by atoms with E-state index >= 15 is 0 Å². The Hall–Kier alpha value is -0.120. The molecule has 4 atom stereocenters. The van der Waals surface area contributed by atoms with Gasteiger partial charge in [-0.3, -0.25) is 9.80 Å². The molecule has 2 N–H and O–H groups in total. The Labute approximate surface area is 99.0 Å². The normalized spacial score (nSPS) is 46.1. The van der Waals surface area contributed by atoms with Crippen LogP contribution >= 0.6 is 0 Å². The zero-order valence-electron chi connectivity index (χ0n) is 10.4. The minimum Gasteiger partial charge on any atom is -0.328 e. The zero-order valence-corrected chi connectivity index (χ0v) is 10.4. The molecule has 0 aromatic carbocycles. The van der Waals surface area contributed by atoms with Gasteiger partial charge >= 0.3 is 0 Å². The maximum atomic E-state index is 6.05. The highest BCUT2D eigenvalue weighted by Gasteiger charge is 2.38. The first-order valence-electron chi connectivity index (χ1n) is 6.99. The smallest absolute Gasteiger partial charge is 0.0224 e. The van der Waals surface area contributed by atoms with E-state index in [0.717, 1.165) is 18.1 Å². The molecule has 0 amide bonds. The summed E-state index contributed by atoms with van der Waals surface area (Å²) in [4.78, 5) is 5.47. The largest absolute Gasteiger partial charge is 0.328 e. The maximum absolute atomic E-state index is 6.05. The van der Waals surface area contributed by atoms with E-state index in [1.807, 2.05) is 0 Å². The van der Waals surface area contributed by atoms with Crippen molar-refractivity contribution in [3.8, 4) is 0 Å². The molecule has 0 bridgehead atoms. The van der Waals surface area contributed by atoms with E-state index in [1.165, 1.54) is 51.7 Å². The Kier molecular flexibility index (Phi) is 2.94. The standard InChI is InChI=1S/C13H25N3/c1-10-8-15-6-2-3-13(15)9-16(10)12-5-4-11(14)7-12/h10-13H,2-9,14H2,1H3. The highest BCUT2D eigenvalue weighted by molar-refractivity contribution is 4.95. The van der Waals surface area contributed by atoms with Gasteiger partial charge in [-0.25, -0.2) is 0 Å². The van der Waals surface area contributed by atoms with E-state index in [2.05, 4.69) is 16.7 Å². The second-order valence-electron chi connectivity index (χ2n) is 6.06. The van der Waals surface area contributed by atoms with Gasteiger partial charge < -0.3 is 5.73 Å². The van der Waals surface area contributed by atoms with E-state index in [1.54, 1.807) is 0 Å². The zero-order chi connectivity index (χ0) is 11.1. The Balaban J connectivity index is 1.66. The number of hydrogen-bond donors (Lipinski definition) is 1. The molecule has 2 saturated heterocycles. The molecule has 0 aromatic rings. The van der Waals surface area contributed by atoms with Crippen LogP contribution in [0.1, 0.15) is 39.0 Å². The first-order valence-corrected chi connectivity index (χ1v) is 6.99. The molecule has 2 heterocycles. The molecule has 92 valence electrons. The van der Waals surface area contributed by atoms with Crippen molar-refractivity contribution in [2.75, 3.05) is 19.6 Å². The van der Waals surface area contributed by atoms with Crippen molar-refractivity contribution in [1.29, 1.82) is 0 Å². The lowest BCUT2D eigenvalue weighted by atomic mass is 10.0. The van der Waals surface area contributed by atoms with Gasteiger partial charge in [0.1, 0.15) is 0 Å². The molecule has 3 rings (SSSR count). The van der Waals surface area contributed by atoms with Gasteiger partial charge in [0.05, 0.1) is 0 Å². The van der Waals surface area contributed by atoms with Crippen molar-refractivity contribution in [2.45, 2.75) is 63.2 Å². The number of nitrogens with zero attached hydrogens (tertiary/aromatic N) is 2. The van der Waals surface area contributed by atoms with Crippen molar-refractivity contribution >= 4 is 0 Å². The molecular formula is C13H25N3. The first kappa shape index (κ1) is 11.0. The topological polar surface area (TPSA) is 32.5 Å². The molecule has 3 nitrogen and oxygen atoms in total. The summed E-state index contributed by atoms with van der Waals surface area (Å²) in [5.41, 5.74) is 6.05. The molecular weight excluding hydrogens is 198 g/mol. The van der Waals surface area contributed by atoms with Gasteiger partial charge in [0, 0.05) is 37.3 Å². The third-order valence-corrected chi connectivity index (χ3v) is 4.90. The minimum atomic E-state index is 0.471. The Morgan fingerprint density at radius 3 is 2.69 bits per heavy atom. The Morgan fingerprint density at radius 2 is 1.94 bits per heavy atom.